The average molecular weight is 405 g/mol. The molecule has 146 valence electrons. The molecule has 1 aliphatic rings. The minimum atomic E-state index is -3.78. The molecule has 1 fully saturated rings. The van der Waals surface area contributed by atoms with Crippen molar-refractivity contribution >= 4 is 27.5 Å². The summed E-state index contributed by atoms with van der Waals surface area (Å²) in [6.07, 6.45) is 1.82. The fourth-order valence-corrected chi connectivity index (χ4v) is 4.50. The van der Waals surface area contributed by atoms with E-state index < -0.39 is 10.0 Å². The monoisotopic (exact) mass is 404 g/mol. The maximum absolute atomic E-state index is 12.9. The van der Waals surface area contributed by atoms with Gasteiger partial charge < -0.3 is 14.8 Å². The second-order valence-corrected chi connectivity index (χ2v) is 8.50. The summed E-state index contributed by atoms with van der Waals surface area (Å²) in [5.41, 5.74) is 0. The van der Waals surface area contributed by atoms with Gasteiger partial charge in [-0.05, 0) is 31.5 Å². The van der Waals surface area contributed by atoms with E-state index in [2.05, 4.69) is 5.32 Å². The number of carbonyl (C=O) groups excluding carboxylic acids is 1. The van der Waals surface area contributed by atoms with Crippen molar-refractivity contribution in [3.63, 3.8) is 0 Å². The van der Waals surface area contributed by atoms with Crippen LogP contribution in [-0.4, -0.2) is 57.6 Å². The molecule has 2 rings (SSSR count). The zero-order valence-electron chi connectivity index (χ0n) is 15.0. The van der Waals surface area contributed by atoms with Gasteiger partial charge in [-0.2, -0.15) is 4.31 Å². The lowest BCUT2D eigenvalue weighted by atomic mass is 10.2. The fraction of sp³-hybridized carbons (Fsp3) is 0.588. The van der Waals surface area contributed by atoms with Crippen molar-refractivity contribution in [1.29, 1.82) is 0 Å². The second kappa shape index (κ2) is 9.55. The van der Waals surface area contributed by atoms with Crippen LogP contribution in [0.4, 0.5) is 0 Å². The number of amides is 1. The van der Waals surface area contributed by atoms with E-state index in [0.717, 1.165) is 12.8 Å². The first-order chi connectivity index (χ1) is 12.3. The van der Waals surface area contributed by atoms with Crippen molar-refractivity contribution in [2.45, 2.75) is 37.6 Å². The van der Waals surface area contributed by atoms with Crippen LogP contribution < -0.4 is 10.1 Å². The summed E-state index contributed by atoms with van der Waals surface area (Å²) in [4.78, 5) is 12.0. The van der Waals surface area contributed by atoms with E-state index in [9.17, 15) is 13.2 Å². The molecule has 0 radical (unpaired) electrons. The lowest BCUT2D eigenvalue weighted by Gasteiger charge is -2.26. The molecule has 0 aromatic heterocycles. The van der Waals surface area contributed by atoms with Gasteiger partial charge in [-0.3, -0.25) is 4.79 Å². The Hall–Kier alpha value is -1.35. The summed E-state index contributed by atoms with van der Waals surface area (Å²) < 4.78 is 37.8. The van der Waals surface area contributed by atoms with E-state index >= 15 is 0 Å². The molecule has 0 spiro atoms. The summed E-state index contributed by atoms with van der Waals surface area (Å²) in [5, 5.41) is 3.10. The maximum Gasteiger partial charge on any atom is 0.258 e. The number of rotatable bonds is 8. The van der Waals surface area contributed by atoms with Gasteiger partial charge in [-0.1, -0.05) is 24.9 Å². The molecule has 1 N–H and O–H groups in total. The molecule has 7 nitrogen and oxygen atoms in total. The van der Waals surface area contributed by atoms with Gasteiger partial charge in [-0.25, -0.2) is 8.42 Å². The summed E-state index contributed by atoms with van der Waals surface area (Å²) in [5.74, 6) is -0.185. The van der Waals surface area contributed by atoms with E-state index in [1.807, 2.05) is 13.8 Å². The molecular formula is C17H25ClN2O5S. The average Bonchev–Trinajstić information content (AvgIpc) is 2.61. The number of morpholine rings is 1. The number of carbonyl (C=O) groups is 1. The highest BCUT2D eigenvalue weighted by atomic mass is 35.5. The van der Waals surface area contributed by atoms with E-state index in [0.29, 0.717) is 13.2 Å². The van der Waals surface area contributed by atoms with Gasteiger partial charge in [0.25, 0.3) is 5.91 Å². The number of halogens is 1. The van der Waals surface area contributed by atoms with Crippen LogP contribution in [0.2, 0.25) is 5.02 Å². The van der Waals surface area contributed by atoms with Crippen LogP contribution in [-0.2, 0) is 19.6 Å². The molecule has 0 aliphatic carbocycles. The van der Waals surface area contributed by atoms with Crippen LogP contribution in [0.25, 0.3) is 0 Å². The van der Waals surface area contributed by atoms with Crippen LogP contribution in [0.1, 0.15) is 26.7 Å². The summed E-state index contributed by atoms with van der Waals surface area (Å²) in [7, 11) is -3.78. The van der Waals surface area contributed by atoms with Gasteiger partial charge in [0.1, 0.15) is 10.6 Å². The lowest BCUT2D eigenvalue weighted by molar-refractivity contribution is -0.123. The molecule has 9 heteroatoms. The molecule has 0 bridgehead atoms. The number of nitrogens with one attached hydrogen (secondary N) is 1. The normalized spacial score (nSPS) is 16.9. The van der Waals surface area contributed by atoms with Gasteiger partial charge >= 0.3 is 0 Å². The summed E-state index contributed by atoms with van der Waals surface area (Å²) in [6.45, 7) is 4.91. The Morgan fingerprint density at radius 1 is 1.38 bits per heavy atom. The first kappa shape index (κ1) is 21.0. The summed E-state index contributed by atoms with van der Waals surface area (Å²) >= 11 is 5.99. The van der Waals surface area contributed by atoms with Crippen molar-refractivity contribution in [3.8, 4) is 5.75 Å². The molecule has 1 aromatic carbocycles. The number of sulfonamides is 1. The van der Waals surface area contributed by atoms with E-state index in [-0.39, 0.29) is 47.3 Å². The van der Waals surface area contributed by atoms with Gasteiger partial charge in [0.15, 0.2) is 6.61 Å². The fourth-order valence-electron chi connectivity index (χ4n) is 2.69. The van der Waals surface area contributed by atoms with E-state index in [1.165, 1.54) is 22.5 Å². The third kappa shape index (κ3) is 5.57. The van der Waals surface area contributed by atoms with Crippen molar-refractivity contribution in [2.75, 3.05) is 32.9 Å². The predicted molar refractivity (Wildman–Crippen MR) is 99.0 cm³/mol. The van der Waals surface area contributed by atoms with Crippen molar-refractivity contribution in [3.05, 3.63) is 23.2 Å². The third-order valence-corrected chi connectivity index (χ3v) is 6.14. The number of benzene rings is 1. The van der Waals surface area contributed by atoms with Crippen LogP contribution in [0.15, 0.2) is 23.1 Å². The highest BCUT2D eigenvalue weighted by molar-refractivity contribution is 7.89. The predicted octanol–water partition coefficient (Wildman–Crippen LogP) is 2.04. The maximum atomic E-state index is 12.9. The second-order valence-electron chi connectivity index (χ2n) is 6.15. The first-order valence-electron chi connectivity index (χ1n) is 8.64. The highest BCUT2D eigenvalue weighted by Gasteiger charge is 2.29. The van der Waals surface area contributed by atoms with Crippen molar-refractivity contribution in [2.24, 2.45) is 0 Å². The highest BCUT2D eigenvalue weighted by Crippen LogP contribution is 2.30. The van der Waals surface area contributed by atoms with Crippen molar-refractivity contribution < 1.29 is 22.7 Å². The lowest BCUT2D eigenvalue weighted by Crippen LogP contribution is -2.41. The van der Waals surface area contributed by atoms with Gasteiger partial charge in [0.2, 0.25) is 10.0 Å². The van der Waals surface area contributed by atoms with E-state index in [1.54, 1.807) is 0 Å². The number of nitrogens with zero attached hydrogens (tertiary/aromatic N) is 1. The Kier molecular flexibility index (Phi) is 7.69. The van der Waals surface area contributed by atoms with Gasteiger partial charge in [0.05, 0.1) is 13.2 Å². The zero-order chi connectivity index (χ0) is 19.2. The molecular weight excluding hydrogens is 380 g/mol. The molecule has 1 saturated heterocycles. The SMILES string of the molecule is CCC[C@H](C)NC(=O)COc1ccc(Cl)cc1S(=O)(=O)N1CCOCC1. The third-order valence-electron chi connectivity index (χ3n) is 3.98. The number of ether oxygens (including phenoxy) is 2. The molecule has 1 aromatic rings. The molecule has 0 saturated carbocycles. The zero-order valence-corrected chi connectivity index (χ0v) is 16.6. The number of hydrogen-bond donors (Lipinski definition) is 1. The number of hydrogen-bond acceptors (Lipinski definition) is 5. The smallest absolute Gasteiger partial charge is 0.258 e. The van der Waals surface area contributed by atoms with Crippen LogP contribution >= 0.6 is 11.6 Å². The minimum absolute atomic E-state index is 0.0397. The molecule has 1 amide bonds. The molecule has 26 heavy (non-hydrogen) atoms. The summed E-state index contributed by atoms with van der Waals surface area (Å²) in [6, 6.07) is 4.39. The Morgan fingerprint density at radius 2 is 2.08 bits per heavy atom. The molecule has 0 unspecified atom stereocenters. The van der Waals surface area contributed by atoms with Crippen LogP contribution in [0, 0.1) is 0 Å². The Balaban J connectivity index is 2.13. The van der Waals surface area contributed by atoms with Crippen LogP contribution in [0.5, 0.6) is 5.75 Å². The Bertz CT molecular complexity index is 720. The molecule has 1 aliphatic heterocycles. The molecule has 1 atom stereocenters. The quantitative estimate of drug-likeness (QED) is 0.716. The largest absolute Gasteiger partial charge is 0.482 e. The first-order valence-corrected chi connectivity index (χ1v) is 10.5. The Labute approximate surface area is 159 Å². The minimum Gasteiger partial charge on any atom is -0.482 e. The molecule has 1 heterocycles. The van der Waals surface area contributed by atoms with Crippen molar-refractivity contribution in [1.82, 2.24) is 9.62 Å². The Morgan fingerprint density at radius 3 is 2.73 bits per heavy atom. The van der Waals surface area contributed by atoms with E-state index in [4.69, 9.17) is 21.1 Å². The topological polar surface area (TPSA) is 84.9 Å². The van der Waals surface area contributed by atoms with Crippen LogP contribution in [0.3, 0.4) is 0 Å². The van der Waals surface area contributed by atoms with Gasteiger partial charge in [0, 0.05) is 24.2 Å². The standard InChI is InChI=1S/C17H25ClN2O5S/c1-3-4-13(2)19-17(21)12-25-15-6-5-14(18)11-16(15)26(22,23)20-7-9-24-10-8-20/h5-6,11,13H,3-4,7-10,12H2,1-2H3,(H,19,21)/t13-/m0/s1. The van der Waals surface area contributed by atoms with Gasteiger partial charge in [-0.15, -0.1) is 0 Å².